The van der Waals surface area contributed by atoms with E-state index in [9.17, 15) is 4.79 Å². The Hall–Kier alpha value is -1.55. The highest BCUT2D eigenvalue weighted by Gasteiger charge is 2.24. The van der Waals surface area contributed by atoms with Gasteiger partial charge < -0.3 is 15.4 Å². The minimum Gasteiger partial charge on any atom is -0.497 e. The quantitative estimate of drug-likeness (QED) is 0.876. The molecule has 1 saturated carbocycles. The number of benzene rings is 1. The van der Waals surface area contributed by atoms with E-state index >= 15 is 0 Å². The topological polar surface area (TPSA) is 50.4 Å². The van der Waals surface area contributed by atoms with Gasteiger partial charge in [-0.25, -0.2) is 0 Å². The lowest BCUT2D eigenvalue weighted by atomic mass is 9.79. The second-order valence-electron chi connectivity index (χ2n) is 6.12. The third-order valence-corrected chi connectivity index (χ3v) is 4.52. The van der Waals surface area contributed by atoms with Crippen molar-refractivity contribution in [1.29, 1.82) is 0 Å². The third-order valence-electron chi connectivity index (χ3n) is 4.52. The van der Waals surface area contributed by atoms with E-state index in [1.54, 1.807) is 7.11 Å². The van der Waals surface area contributed by atoms with Crippen LogP contribution in [0.15, 0.2) is 24.3 Å². The van der Waals surface area contributed by atoms with Crippen molar-refractivity contribution < 1.29 is 9.53 Å². The fourth-order valence-corrected chi connectivity index (χ4v) is 2.85. The minimum absolute atomic E-state index is 0.00596. The van der Waals surface area contributed by atoms with Crippen LogP contribution in [-0.4, -0.2) is 25.6 Å². The molecule has 1 aromatic carbocycles. The summed E-state index contributed by atoms with van der Waals surface area (Å²) in [6, 6.07) is 7.85. The Bertz CT molecular complexity index is 458. The molecule has 0 bridgehead atoms. The number of carbonyl (C=O) groups is 1. The van der Waals surface area contributed by atoms with E-state index in [4.69, 9.17) is 4.74 Å². The Balaban J connectivity index is 1.74. The molecule has 0 aromatic heterocycles. The predicted molar refractivity (Wildman–Crippen MR) is 85.6 cm³/mol. The number of hydrogen-bond acceptors (Lipinski definition) is 3. The highest BCUT2D eigenvalue weighted by molar-refractivity contribution is 5.92. The molecule has 1 fully saturated rings. The van der Waals surface area contributed by atoms with Crippen LogP contribution in [-0.2, 0) is 4.79 Å². The van der Waals surface area contributed by atoms with Gasteiger partial charge in [0.15, 0.2) is 0 Å². The van der Waals surface area contributed by atoms with Gasteiger partial charge in [0, 0.05) is 11.7 Å². The maximum Gasteiger partial charge on any atom is 0.238 e. The van der Waals surface area contributed by atoms with Crippen molar-refractivity contribution in [2.75, 3.05) is 19.0 Å². The van der Waals surface area contributed by atoms with Gasteiger partial charge in [-0.05, 0) is 55.4 Å². The van der Waals surface area contributed by atoms with E-state index in [0.29, 0.717) is 12.6 Å². The van der Waals surface area contributed by atoms with Gasteiger partial charge >= 0.3 is 0 Å². The van der Waals surface area contributed by atoms with Gasteiger partial charge in [-0.1, -0.05) is 13.8 Å². The van der Waals surface area contributed by atoms with E-state index < -0.39 is 0 Å². The van der Waals surface area contributed by atoms with Gasteiger partial charge in [0.1, 0.15) is 5.75 Å². The number of amides is 1. The van der Waals surface area contributed by atoms with E-state index in [1.807, 2.05) is 24.3 Å². The Morgan fingerprint density at radius 1 is 1.19 bits per heavy atom. The smallest absolute Gasteiger partial charge is 0.238 e. The average Bonchev–Trinajstić information content (AvgIpc) is 2.49. The molecule has 0 spiro atoms. The summed E-state index contributed by atoms with van der Waals surface area (Å²) >= 11 is 0. The molecule has 2 N–H and O–H groups in total. The summed E-state index contributed by atoms with van der Waals surface area (Å²) in [4.78, 5) is 12.0. The lowest BCUT2D eigenvalue weighted by Gasteiger charge is -2.32. The van der Waals surface area contributed by atoms with Crippen LogP contribution in [0.4, 0.5) is 5.69 Å². The summed E-state index contributed by atoms with van der Waals surface area (Å²) in [6.07, 6.45) is 3.58. The molecule has 1 amide bonds. The predicted octanol–water partition coefficient (Wildman–Crippen LogP) is 3.05. The summed E-state index contributed by atoms with van der Waals surface area (Å²) in [5.74, 6) is 2.33. The number of ether oxygens (including phenoxy) is 1. The summed E-state index contributed by atoms with van der Waals surface area (Å²) < 4.78 is 5.09. The van der Waals surface area contributed by atoms with Crippen LogP contribution in [0, 0.1) is 11.8 Å². The lowest BCUT2D eigenvalue weighted by Crippen LogP contribution is -2.40. The zero-order chi connectivity index (χ0) is 15.2. The van der Waals surface area contributed by atoms with Crippen LogP contribution in [0.3, 0.4) is 0 Å². The molecule has 0 aliphatic heterocycles. The van der Waals surface area contributed by atoms with Crippen LogP contribution in [0.5, 0.6) is 5.75 Å². The van der Waals surface area contributed by atoms with E-state index in [2.05, 4.69) is 24.5 Å². The molecule has 4 nitrogen and oxygen atoms in total. The fourth-order valence-electron chi connectivity index (χ4n) is 2.85. The van der Waals surface area contributed by atoms with Gasteiger partial charge in [0.2, 0.25) is 5.91 Å². The minimum atomic E-state index is 0.00596. The monoisotopic (exact) mass is 290 g/mol. The highest BCUT2D eigenvalue weighted by Crippen LogP contribution is 2.29. The molecular formula is C17H26N2O2. The van der Waals surface area contributed by atoms with Gasteiger partial charge in [-0.3, -0.25) is 4.79 Å². The summed E-state index contributed by atoms with van der Waals surface area (Å²) in [5, 5.41) is 6.27. The molecule has 1 aromatic rings. The second kappa shape index (κ2) is 7.46. The van der Waals surface area contributed by atoms with Gasteiger partial charge in [0.05, 0.1) is 13.7 Å². The van der Waals surface area contributed by atoms with Gasteiger partial charge in [-0.15, -0.1) is 0 Å². The first-order valence-corrected chi connectivity index (χ1v) is 7.75. The van der Waals surface area contributed by atoms with Crippen LogP contribution in [0.25, 0.3) is 0 Å². The van der Waals surface area contributed by atoms with Crippen LogP contribution in [0.2, 0.25) is 0 Å². The van der Waals surface area contributed by atoms with E-state index in [-0.39, 0.29) is 5.91 Å². The van der Waals surface area contributed by atoms with Crippen molar-refractivity contribution in [2.24, 2.45) is 11.8 Å². The Morgan fingerprint density at radius 3 is 2.52 bits per heavy atom. The van der Waals surface area contributed by atoms with Crippen LogP contribution >= 0.6 is 0 Å². The SMILES string of the molecule is COc1ccc(NC(=O)CNC2CCC(C)C(C)C2)cc1. The molecule has 0 saturated heterocycles. The van der Waals surface area contributed by atoms with E-state index in [1.165, 1.54) is 12.8 Å². The van der Waals surface area contributed by atoms with Gasteiger partial charge in [0.25, 0.3) is 0 Å². The number of nitrogens with one attached hydrogen (secondary N) is 2. The maximum atomic E-state index is 12.0. The summed E-state index contributed by atoms with van der Waals surface area (Å²) in [6.45, 7) is 4.99. The molecule has 116 valence electrons. The van der Waals surface area contributed by atoms with Crippen LogP contribution < -0.4 is 15.4 Å². The summed E-state index contributed by atoms with van der Waals surface area (Å²) in [5.41, 5.74) is 0.799. The number of methoxy groups -OCH3 is 1. The summed E-state index contributed by atoms with van der Waals surface area (Å²) in [7, 11) is 1.63. The Kier molecular flexibility index (Phi) is 5.62. The standard InChI is InChI=1S/C17H26N2O2/c1-12-4-5-15(10-13(12)2)18-11-17(20)19-14-6-8-16(21-3)9-7-14/h6-9,12-13,15,18H,4-5,10-11H2,1-3H3,(H,19,20). The first-order chi connectivity index (χ1) is 10.1. The zero-order valence-corrected chi connectivity index (χ0v) is 13.2. The zero-order valence-electron chi connectivity index (χ0n) is 13.2. The van der Waals surface area contributed by atoms with Crippen molar-refractivity contribution in [2.45, 2.75) is 39.2 Å². The molecule has 1 aliphatic carbocycles. The van der Waals surface area contributed by atoms with Crippen molar-refractivity contribution in [3.8, 4) is 5.75 Å². The number of rotatable bonds is 5. The van der Waals surface area contributed by atoms with Gasteiger partial charge in [-0.2, -0.15) is 0 Å². The van der Waals surface area contributed by atoms with Crippen molar-refractivity contribution in [3.05, 3.63) is 24.3 Å². The molecule has 2 rings (SSSR count). The highest BCUT2D eigenvalue weighted by atomic mass is 16.5. The molecule has 0 radical (unpaired) electrons. The van der Waals surface area contributed by atoms with Crippen molar-refractivity contribution >= 4 is 11.6 Å². The normalized spacial score (nSPS) is 25.4. The van der Waals surface area contributed by atoms with Crippen LogP contribution in [0.1, 0.15) is 33.1 Å². The van der Waals surface area contributed by atoms with Crippen molar-refractivity contribution in [1.82, 2.24) is 5.32 Å². The first kappa shape index (κ1) is 15.8. The first-order valence-electron chi connectivity index (χ1n) is 7.75. The maximum absolute atomic E-state index is 12.0. The molecule has 4 heteroatoms. The fraction of sp³-hybridized carbons (Fsp3) is 0.588. The molecule has 1 aliphatic rings. The number of carbonyl (C=O) groups excluding carboxylic acids is 1. The van der Waals surface area contributed by atoms with E-state index in [0.717, 1.165) is 29.7 Å². The third kappa shape index (κ3) is 4.74. The average molecular weight is 290 g/mol. The Labute approximate surface area is 127 Å². The molecule has 0 heterocycles. The lowest BCUT2D eigenvalue weighted by molar-refractivity contribution is -0.115. The number of anilines is 1. The molecule has 21 heavy (non-hydrogen) atoms. The molecule has 3 unspecified atom stereocenters. The molecule has 3 atom stereocenters. The molecular weight excluding hydrogens is 264 g/mol. The Morgan fingerprint density at radius 2 is 1.90 bits per heavy atom. The largest absolute Gasteiger partial charge is 0.497 e. The van der Waals surface area contributed by atoms with Crippen molar-refractivity contribution in [3.63, 3.8) is 0 Å². The number of hydrogen-bond donors (Lipinski definition) is 2. The second-order valence-corrected chi connectivity index (χ2v) is 6.12.